The molecule has 0 amide bonds. The van der Waals surface area contributed by atoms with Crippen LogP contribution >= 0.6 is 0 Å². The number of pyridine rings is 1. The number of phenolic OH excluding ortho intramolecular Hbond substituents is 1. The van der Waals surface area contributed by atoms with Crippen LogP contribution in [-0.4, -0.2) is 16.7 Å². The molecular formula is C17H14N2O2. The highest BCUT2D eigenvalue weighted by molar-refractivity contribution is 5.93. The second kappa shape index (κ2) is 4.66. The molecule has 0 fully saturated rings. The minimum Gasteiger partial charge on any atom is -0.508 e. The summed E-state index contributed by atoms with van der Waals surface area (Å²) in [5.41, 5.74) is 2.10. The standard InChI is InChI=1S/C17H14N2O2/c20-12-4-5-13-16(10-21-17(13)8-12)19-15-3-1-2-11-6-7-18-9-14(11)15/h1-9,16,19-20H,10H2. The molecule has 1 atom stereocenters. The van der Waals surface area contributed by atoms with Crippen LogP contribution in [0.25, 0.3) is 10.8 Å². The lowest BCUT2D eigenvalue weighted by Gasteiger charge is -2.15. The molecule has 3 aromatic rings. The summed E-state index contributed by atoms with van der Waals surface area (Å²) in [6.45, 7) is 0.551. The monoisotopic (exact) mass is 278 g/mol. The van der Waals surface area contributed by atoms with Gasteiger partial charge in [-0.3, -0.25) is 4.98 Å². The van der Waals surface area contributed by atoms with Gasteiger partial charge in [0.1, 0.15) is 18.1 Å². The normalized spacial score (nSPS) is 16.5. The molecule has 0 radical (unpaired) electrons. The Balaban J connectivity index is 1.71. The molecule has 4 nitrogen and oxygen atoms in total. The maximum Gasteiger partial charge on any atom is 0.128 e. The van der Waals surface area contributed by atoms with Gasteiger partial charge in [-0.2, -0.15) is 0 Å². The zero-order valence-electron chi connectivity index (χ0n) is 11.3. The summed E-state index contributed by atoms with van der Waals surface area (Å²) in [6, 6.07) is 13.5. The van der Waals surface area contributed by atoms with E-state index in [1.54, 1.807) is 18.3 Å². The van der Waals surface area contributed by atoms with Crippen molar-refractivity contribution in [2.45, 2.75) is 6.04 Å². The third kappa shape index (κ3) is 2.05. The van der Waals surface area contributed by atoms with Crippen LogP contribution in [0.2, 0.25) is 0 Å². The van der Waals surface area contributed by atoms with E-state index in [0.717, 1.165) is 27.8 Å². The molecule has 4 heteroatoms. The van der Waals surface area contributed by atoms with Crippen molar-refractivity contribution in [1.82, 2.24) is 4.98 Å². The summed E-state index contributed by atoms with van der Waals surface area (Å²) < 4.78 is 5.64. The average Bonchev–Trinajstić information content (AvgIpc) is 2.90. The fourth-order valence-corrected chi connectivity index (χ4v) is 2.75. The van der Waals surface area contributed by atoms with Gasteiger partial charge in [0.2, 0.25) is 0 Å². The highest BCUT2D eigenvalue weighted by Gasteiger charge is 2.24. The van der Waals surface area contributed by atoms with Crippen molar-refractivity contribution in [2.24, 2.45) is 0 Å². The molecule has 2 aromatic carbocycles. The van der Waals surface area contributed by atoms with E-state index in [2.05, 4.69) is 16.4 Å². The van der Waals surface area contributed by atoms with Gasteiger partial charge in [-0.15, -0.1) is 0 Å². The molecule has 0 saturated carbocycles. The lowest BCUT2D eigenvalue weighted by Crippen LogP contribution is -2.12. The summed E-state index contributed by atoms with van der Waals surface area (Å²) in [4.78, 5) is 4.20. The van der Waals surface area contributed by atoms with Gasteiger partial charge in [-0.1, -0.05) is 12.1 Å². The first-order valence-corrected chi connectivity index (χ1v) is 6.86. The number of aromatic nitrogens is 1. The van der Waals surface area contributed by atoms with Crippen LogP contribution in [0.3, 0.4) is 0 Å². The van der Waals surface area contributed by atoms with Gasteiger partial charge in [0, 0.05) is 35.1 Å². The third-order valence-electron chi connectivity index (χ3n) is 3.79. The predicted molar refractivity (Wildman–Crippen MR) is 81.7 cm³/mol. The van der Waals surface area contributed by atoms with Gasteiger partial charge in [0.25, 0.3) is 0 Å². The van der Waals surface area contributed by atoms with Crippen LogP contribution in [0, 0.1) is 0 Å². The van der Waals surface area contributed by atoms with E-state index in [-0.39, 0.29) is 11.8 Å². The highest BCUT2D eigenvalue weighted by Crippen LogP contribution is 2.37. The number of nitrogens with one attached hydrogen (secondary N) is 1. The summed E-state index contributed by atoms with van der Waals surface area (Å²) in [7, 11) is 0. The summed E-state index contributed by atoms with van der Waals surface area (Å²) in [5, 5.41) is 15.3. The van der Waals surface area contributed by atoms with Crippen molar-refractivity contribution in [1.29, 1.82) is 0 Å². The van der Waals surface area contributed by atoms with Gasteiger partial charge in [-0.05, 0) is 29.7 Å². The molecule has 1 unspecified atom stereocenters. The Morgan fingerprint density at radius 2 is 2.14 bits per heavy atom. The molecule has 0 saturated heterocycles. The van der Waals surface area contributed by atoms with Crippen LogP contribution in [0.15, 0.2) is 54.9 Å². The molecule has 104 valence electrons. The van der Waals surface area contributed by atoms with E-state index in [9.17, 15) is 5.11 Å². The Bertz CT molecular complexity index is 811. The highest BCUT2D eigenvalue weighted by atomic mass is 16.5. The number of hydrogen-bond donors (Lipinski definition) is 2. The zero-order valence-corrected chi connectivity index (χ0v) is 11.3. The second-order valence-corrected chi connectivity index (χ2v) is 5.13. The molecule has 1 aliphatic rings. The van der Waals surface area contributed by atoms with Crippen molar-refractivity contribution in [2.75, 3.05) is 11.9 Å². The third-order valence-corrected chi connectivity index (χ3v) is 3.79. The van der Waals surface area contributed by atoms with Crippen molar-refractivity contribution >= 4 is 16.5 Å². The number of nitrogens with zero attached hydrogens (tertiary/aromatic N) is 1. The van der Waals surface area contributed by atoms with E-state index < -0.39 is 0 Å². The topological polar surface area (TPSA) is 54.4 Å². The molecule has 1 aromatic heterocycles. The Morgan fingerprint density at radius 3 is 3.10 bits per heavy atom. The molecule has 1 aliphatic heterocycles. The Kier molecular flexibility index (Phi) is 2.67. The Morgan fingerprint density at radius 1 is 1.19 bits per heavy atom. The lowest BCUT2D eigenvalue weighted by atomic mass is 10.1. The van der Waals surface area contributed by atoms with Gasteiger partial charge >= 0.3 is 0 Å². The fourth-order valence-electron chi connectivity index (χ4n) is 2.75. The quantitative estimate of drug-likeness (QED) is 0.753. The lowest BCUT2D eigenvalue weighted by molar-refractivity contribution is 0.338. The molecule has 4 rings (SSSR count). The van der Waals surface area contributed by atoms with Crippen LogP contribution in [0.5, 0.6) is 11.5 Å². The molecular weight excluding hydrogens is 264 g/mol. The van der Waals surface area contributed by atoms with Crippen LogP contribution in [0.4, 0.5) is 5.69 Å². The van der Waals surface area contributed by atoms with Gasteiger partial charge in [0.15, 0.2) is 0 Å². The first-order chi connectivity index (χ1) is 10.3. The summed E-state index contributed by atoms with van der Waals surface area (Å²) in [5.74, 6) is 0.967. The SMILES string of the molecule is Oc1ccc2c(c1)OCC2Nc1cccc2ccncc12. The molecule has 0 aliphatic carbocycles. The van der Waals surface area contributed by atoms with E-state index in [1.807, 2.05) is 30.5 Å². The number of hydrogen-bond acceptors (Lipinski definition) is 4. The maximum atomic E-state index is 9.51. The first kappa shape index (κ1) is 12.0. The second-order valence-electron chi connectivity index (χ2n) is 5.13. The average molecular weight is 278 g/mol. The molecule has 0 spiro atoms. The van der Waals surface area contributed by atoms with Crippen LogP contribution in [0.1, 0.15) is 11.6 Å². The predicted octanol–water partition coefficient (Wildman–Crippen LogP) is 3.49. The van der Waals surface area contributed by atoms with Crippen molar-refractivity contribution in [3.8, 4) is 11.5 Å². The Labute approximate surface area is 122 Å². The largest absolute Gasteiger partial charge is 0.508 e. The van der Waals surface area contributed by atoms with Crippen LogP contribution < -0.4 is 10.1 Å². The molecule has 21 heavy (non-hydrogen) atoms. The number of aromatic hydroxyl groups is 1. The maximum absolute atomic E-state index is 9.51. The van der Waals surface area contributed by atoms with Crippen molar-refractivity contribution < 1.29 is 9.84 Å². The van der Waals surface area contributed by atoms with Crippen molar-refractivity contribution in [3.63, 3.8) is 0 Å². The van der Waals surface area contributed by atoms with Crippen molar-refractivity contribution in [3.05, 3.63) is 60.4 Å². The van der Waals surface area contributed by atoms with Crippen LogP contribution in [-0.2, 0) is 0 Å². The minimum absolute atomic E-state index is 0.0754. The number of rotatable bonds is 2. The van der Waals surface area contributed by atoms with Gasteiger partial charge in [-0.25, -0.2) is 0 Å². The minimum atomic E-state index is 0.0754. The smallest absolute Gasteiger partial charge is 0.128 e. The van der Waals surface area contributed by atoms with Gasteiger partial charge in [0.05, 0.1) is 6.04 Å². The molecule has 0 bridgehead atoms. The van der Waals surface area contributed by atoms with E-state index >= 15 is 0 Å². The molecule has 2 N–H and O–H groups in total. The number of benzene rings is 2. The number of fused-ring (bicyclic) bond motifs is 2. The number of phenols is 1. The fraction of sp³-hybridized carbons (Fsp3) is 0.118. The van der Waals surface area contributed by atoms with Gasteiger partial charge < -0.3 is 15.2 Å². The first-order valence-electron chi connectivity index (χ1n) is 6.86. The summed E-state index contributed by atoms with van der Waals surface area (Å²) >= 11 is 0. The number of ether oxygens (including phenoxy) is 1. The van der Waals surface area contributed by atoms with E-state index in [1.165, 1.54) is 0 Å². The van der Waals surface area contributed by atoms with E-state index in [4.69, 9.17) is 4.74 Å². The summed E-state index contributed by atoms with van der Waals surface area (Å²) in [6.07, 6.45) is 3.66. The Hall–Kier alpha value is -2.75. The van der Waals surface area contributed by atoms with E-state index in [0.29, 0.717) is 6.61 Å². The molecule has 2 heterocycles. The zero-order chi connectivity index (χ0) is 14.2. The number of anilines is 1.